The molecular weight excluding hydrogens is 250 g/mol. The maximum atomic E-state index is 2.61. The topological polar surface area (TPSA) is 3.24 Å². The van der Waals surface area contributed by atoms with E-state index in [2.05, 4.69) is 16.7 Å². The van der Waals surface area contributed by atoms with E-state index in [-0.39, 0.29) is 12.4 Å². The third kappa shape index (κ3) is 6.35. The number of hydrogen-bond donors (Lipinski definition) is 0. The van der Waals surface area contributed by atoms with Gasteiger partial charge in [0.15, 0.2) is 0 Å². The minimum absolute atomic E-state index is 0. The van der Waals surface area contributed by atoms with E-state index in [1.165, 1.54) is 82.5 Å². The van der Waals surface area contributed by atoms with Crippen molar-refractivity contribution in [3.05, 3.63) is 0 Å². The summed E-state index contributed by atoms with van der Waals surface area (Å²) < 4.78 is 0. The Kier molecular flexibility index (Phi) is 8.77. The first-order valence-electron chi connectivity index (χ1n) is 7.25. The number of nitrogens with zero attached hydrogens (tertiary/aromatic N) is 1. The van der Waals surface area contributed by atoms with Crippen LogP contribution in [0.3, 0.4) is 0 Å². The molecule has 102 valence electrons. The molecule has 0 atom stereocenters. The largest absolute Gasteiger partial charge is 0.293 e. The van der Waals surface area contributed by atoms with E-state index in [9.17, 15) is 0 Å². The zero-order valence-corrected chi connectivity index (χ0v) is 12.7. The molecule has 3 heteroatoms. The Morgan fingerprint density at radius 2 is 1.76 bits per heavy atom. The smallest absolute Gasteiger partial charge is 0.0445 e. The maximum Gasteiger partial charge on any atom is 0.0445 e. The van der Waals surface area contributed by atoms with Crippen LogP contribution < -0.4 is 0 Å². The number of rotatable bonds is 7. The van der Waals surface area contributed by atoms with Crippen molar-refractivity contribution in [3.8, 4) is 0 Å². The third-order valence-electron chi connectivity index (χ3n) is 4.14. The fourth-order valence-corrected chi connectivity index (χ4v) is 4.08. The second kappa shape index (κ2) is 9.52. The van der Waals surface area contributed by atoms with Gasteiger partial charge in [-0.1, -0.05) is 51.4 Å². The van der Waals surface area contributed by atoms with Crippen LogP contribution in [0, 0.1) is 5.92 Å². The molecule has 1 aliphatic carbocycles. The van der Waals surface area contributed by atoms with Gasteiger partial charge in [0, 0.05) is 18.2 Å². The second-order valence-corrected chi connectivity index (χ2v) is 6.58. The SMILES string of the molecule is C(CCCN1CCSC1)CCC1CCCC1.Cl. The van der Waals surface area contributed by atoms with Gasteiger partial charge < -0.3 is 0 Å². The molecule has 0 bridgehead atoms. The van der Waals surface area contributed by atoms with Crippen LogP contribution in [0.2, 0.25) is 0 Å². The summed E-state index contributed by atoms with van der Waals surface area (Å²) in [4.78, 5) is 2.61. The zero-order valence-electron chi connectivity index (χ0n) is 11.0. The first kappa shape index (κ1) is 15.7. The van der Waals surface area contributed by atoms with Crippen molar-refractivity contribution in [3.63, 3.8) is 0 Å². The summed E-state index contributed by atoms with van der Waals surface area (Å²) in [6.07, 6.45) is 13.5. The van der Waals surface area contributed by atoms with E-state index < -0.39 is 0 Å². The zero-order chi connectivity index (χ0) is 11.1. The van der Waals surface area contributed by atoms with Gasteiger partial charge in [0.2, 0.25) is 0 Å². The predicted molar refractivity (Wildman–Crippen MR) is 81.2 cm³/mol. The van der Waals surface area contributed by atoms with Gasteiger partial charge in [0.05, 0.1) is 0 Å². The highest BCUT2D eigenvalue weighted by atomic mass is 35.5. The van der Waals surface area contributed by atoms with Crippen molar-refractivity contribution in [2.24, 2.45) is 5.92 Å². The molecule has 1 nitrogen and oxygen atoms in total. The molecule has 2 fully saturated rings. The van der Waals surface area contributed by atoms with E-state index in [4.69, 9.17) is 0 Å². The molecule has 0 N–H and O–H groups in total. The summed E-state index contributed by atoms with van der Waals surface area (Å²) in [5.41, 5.74) is 0. The van der Waals surface area contributed by atoms with E-state index in [1.807, 2.05) is 0 Å². The molecule has 1 saturated heterocycles. The summed E-state index contributed by atoms with van der Waals surface area (Å²) in [7, 11) is 0. The highest BCUT2D eigenvalue weighted by Gasteiger charge is 2.14. The van der Waals surface area contributed by atoms with E-state index in [0.717, 1.165) is 5.92 Å². The van der Waals surface area contributed by atoms with Crippen molar-refractivity contribution < 1.29 is 0 Å². The number of hydrogen-bond acceptors (Lipinski definition) is 2. The molecule has 0 aromatic heterocycles. The highest BCUT2D eigenvalue weighted by molar-refractivity contribution is 7.99. The van der Waals surface area contributed by atoms with Crippen molar-refractivity contribution >= 4 is 24.2 Å². The Bertz CT molecular complexity index is 157. The standard InChI is InChI=1S/C14H27NS.ClH/c1(3-7-14-8-4-5-9-14)2-6-10-15-11-12-16-13-15;/h14H,1-13H2;1H. The molecule has 2 aliphatic rings. The van der Waals surface area contributed by atoms with Crippen LogP contribution in [0.15, 0.2) is 0 Å². The van der Waals surface area contributed by atoms with Crippen LogP contribution >= 0.6 is 24.2 Å². The van der Waals surface area contributed by atoms with Gasteiger partial charge in [-0.3, -0.25) is 4.90 Å². The Labute approximate surface area is 118 Å². The summed E-state index contributed by atoms with van der Waals surface area (Å²) in [6.45, 7) is 2.70. The molecule has 0 unspecified atom stereocenters. The predicted octanol–water partition coefficient (Wildman–Crippen LogP) is 4.56. The molecule has 2 rings (SSSR count). The quantitative estimate of drug-likeness (QED) is 0.628. The number of halogens is 1. The van der Waals surface area contributed by atoms with Gasteiger partial charge in [0.1, 0.15) is 0 Å². The number of unbranched alkanes of at least 4 members (excludes halogenated alkanes) is 3. The summed E-state index contributed by atoms with van der Waals surface area (Å²) in [5, 5.41) is 0. The lowest BCUT2D eigenvalue weighted by molar-refractivity contribution is 0.341. The summed E-state index contributed by atoms with van der Waals surface area (Å²) in [6, 6.07) is 0. The molecule has 1 aliphatic heterocycles. The minimum Gasteiger partial charge on any atom is -0.293 e. The normalized spacial score (nSPS) is 21.9. The van der Waals surface area contributed by atoms with Crippen molar-refractivity contribution in [1.82, 2.24) is 4.90 Å². The lowest BCUT2D eigenvalue weighted by Gasteiger charge is -2.13. The van der Waals surface area contributed by atoms with Gasteiger partial charge in [-0.05, 0) is 18.9 Å². The van der Waals surface area contributed by atoms with Crippen molar-refractivity contribution in [2.75, 3.05) is 24.7 Å². The van der Waals surface area contributed by atoms with Gasteiger partial charge in [0.25, 0.3) is 0 Å². The molecule has 0 radical (unpaired) electrons. The van der Waals surface area contributed by atoms with Crippen LogP contribution in [0.4, 0.5) is 0 Å². The Morgan fingerprint density at radius 3 is 2.47 bits per heavy atom. The molecule has 0 amide bonds. The second-order valence-electron chi connectivity index (χ2n) is 5.51. The molecule has 1 saturated carbocycles. The Hall–Kier alpha value is 0.600. The van der Waals surface area contributed by atoms with Gasteiger partial charge >= 0.3 is 0 Å². The van der Waals surface area contributed by atoms with Crippen LogP contribution in [0.5, 0.6) is 0 Å². The summed E-state index contributed by atoms with van der Waals surface area (Å²) in [5.74, 6) is 3.76. The molecular formula is C14H28ClNS. The van der Waals surface area contributed by atoms with E-state index >= 15 is 0 Å². The first-order chi connectivity index (χ1) is 7.95. The third-order valence-corrected chi connectivity index (χ3v) is 5.16. The average molecular weight is 278 g/mol. The first-order valence-corrected chi connectivity index (χ1v) is 8.41. The summed E-state index contributed by atoms with van der Waals surface area (Å²) >= 11 is 2.09. The Morgan fingerprint density at radius 1 is 1.00 bits per heavy atom. The van der Waals surface area contributed by atoms with Crippen LogP contribution in [0.25, 0.3) is 0 Å². The van der Waals surface area contributed by atoms with Gasteiger partial charge in [-0.15, -0.1) is 24.2 Å². The van der Waals surface area contributed by atoms with Crippen LogP contribution in [-0.4, -0.2) is 29.6 Å². The molecule has 17 heavy (non-hydrogen) atoms. The molecule has 1 heterocycles. The fraction of sp³-hybridized carbons (Fsp3) is 1.00. The maximum absolute atomic E-state index is 2.61. The van der Waals surface area contributed by atoms with Crippen LogP contribution in [0.1, 0.15) is 57.8 Å². The highest BCUT2D eigenvalue weighted by Crippen LogP contribution is 2.29. The minimum atomic E-state index is 0. The fourth-order valence-electron chi connectivity index (χ4n) is 3.05. The Balaban J connectivity index is 0.00000144. The lowest BCUT2D eigenvalue weighted by atomic mass is 9.99. The van der Waals surface area contributed by atoms with E-state index in [1.54, 1.807) is 0 Å². The van der Waals surface area contributed by atoms with Crippen molar-refractivity contribution in [1.29, 1.82) is 0 Å². The number of thioether (sulfide) groups is 1. The lowest BCUT2D eigenvalue weighted by Crippen LogP contribution is -2.20. The van der Waals surface area contributed by atoms with Crippen LogP contribution in [-0.2, 0) is 0 Å². The monoisotopic (exact) mass is 277 g/mol. The average Bonchev–Trinajstić information content (AvgIpc) is 2.96. The molecule has 0 aromatic carbocycles. The molecule has 0 spiro atoms. The van der Waals surface area contributed by atoms with Gasteiger partial charge in [-0.25, -0.2) is 0 Å². The van der Waals surface area contributed by atoms with E-state index in [0.29, 0.717) is 0 Å². The van der Waals surface area contributed by atoms with Gasteiger partial charge in [-0.2, -0.15) is 0 Å². The molecule has 0 aromatic rings. The van der Waals surface area contributed by atoms with Crippen molar-refractivity contribution in [2.45, 2.75) is 57.8 Å².